The SMILES string of the molecule is O=C1CSC(=Nc2ccc(C(=O)O)c(O)c2)N1. The molecule has 1 saturated heterocycles. The van der Waals surface area contributed by atoms with Crippen molar-refractivity contribution in [3.63, 3.8) is 0 Å². The van der Waals surface area contributed by atoms with E-state index in [1.54, 1.807) is 0 Å². The molecule has 0 radical (unpaired) electrons. The second-order valence-corrected chi connectivity index (χ2v) is 4.22. The van der Waals surface area contributed by atoms with Crippen LogP contribution < -0.4 is 5.32 Å². The van der Waals surface area contributed by atoms with Gasteiger partial charge in [0.25, 0.3) is 0 Å². The molecule has 1 amide bonds. The number of hydrogen-bond donors (Lipinski definition) is 3. The summed E-state index contributed by atoms with van der Waals surface area (Å²) in [4.78, 5) is 25.6. The van der Waals surface area contributed by atoms with Gasteiger partial charge < -0.3 is 15.5 Å². The highest BCUT2D eigenvalue weighted by Crippen LogP contribution is 2.25. The quantitative estimate of drug-likeness (QED) is 0.727. The van der Waals surface area contributed by atoms with Gasteiger partial charge >= 0.3 is 5.97 Å². The minimum absolute atomic E-state index is 0.125. The lowest BCUT2D eigenvalue weighted by Crippen LogP contribution is -2.19. The largest absolute Gasteiger partial charge is 0.507 e. The molecule has 3 N–H and O–H groups in total. The number of rotatable bonds is 2. The summed E-state index contributed by atoms with van der Waals surface area (Å²) in [5.41, 5.74) is 0.203. The van der Waals surface area contributed by atoms with Crippen molar-refractivity contribution in [2.24, 2.45) is 4.99 Å². The maximum absolute atomic E-state index is 10.9. The Labute approximate surface area is 100 Å². The summed E-state index contributed by atoms with van der Waals surface area (Å²) in [5, 5.41) is 21.1. The third kappa shape index (κ3) is 2.56. The highest BCUT2D eigenvalue weighted by atomic mass is 32.2. The Balaban J connectivity index is 2.26. The number of amidine groups is 1. The van der Waals surface area contributed by atoms with Gasteiger partial charge in [0.15, 0.2) is 5.17 Å². The van der Waals surface area contributed by atoms with Crippen LogP contribution in [-0.4, -0.2) is 33.0 Å². The van der Waals surface area contributed by atoms with Crippen molar-refractivity contribution in [3.05, 3.63) is 23.8 Å². The first-order valence-corrected chi connectivity index (χ1v) is 5.62. The van der Waals surface area contributed by atoms with Crippen LogP contribution in [0.15, 0.2) is 23.2 Å². The number of amides is 1. The van der Waals surface area contributed by atoms with E-state index in [0.717, 1.165) is 0 Å². The van der Waals surface area contributed by atoms with Crippen molar-refractivity contribution in [2.45, 2.75) is 0 Å². The number of benzene rings is 1. The zero-order valence-corrected chi connectivity index (χ0v) is 9.32. The Bertz CT molecular complexity index is 527. The van der Waals surface area contributed by atoms with E-state index in [-0.39, 0.29) is 17.2 Å². The van der Waals surface area contributed by atoms with Gasteiger partial charge in [-0.3, -0.25) is 4.79 Å². The lowest BCUT2D eigenvalue weighted by atomic mass is 10.2. The predicted molar refractivity (Wildman–Crippen MR) is 62.8 cm³/mol. The van der Waals surface area contributed by atoms with Crippen LogP contribution in [0, 0.1) is 0 Å². The molecule has 1 heterocycles. The lowest BCUT2D eigenvalue weighted by Gasteiger charge is -2.01. The zero-order chi connectivity index (χ0) is 12.4. The number of thioether (sulfide) groups is 1. The Kier molecular flexibility index (Phi) is 3.01. The maximum atomic E-state index is 10.9. The fourth-order valence-corrected chi connectivity index (χ4v) is 1.97. The number of nitrogens with zero attached hydrogens (tertiary/aromatic N) is 1. The first-order valence-electron chi connectivity index (χ1n) is 4.64. The highest BCUT2D eigenvalue weighted by Gasteiger charge is 2.17. The lowest BCUT2D eigenvalue weighted by molar-refractivity contribution is -0.116. The summed E-state index contributed by atoms with van der Waals surface area (Å²) in [6.07, 6.45) is 0. The van der Waals surface area contributed by atoms with Crippen LogP contribution in [0.25, 0.3) is 0 Å². The first kappa shape index (κ1) is 11.5. The molecule has 0 spiro atoms. The number of nitrogens with one attached hydrogen (secondary N) is 1. The Morgan fingerprint density at radius 3 is 2.76 bits per heavy atom. The number of carbonyl (C=O) groups excluding carboxylic acids is 1. The minimum atomic E-state index is -1.20. The van der Waals surface area contributed by atoms with Crippen LogP contribution in [0.1, 0.15) is 10.4 Å². The minimum Gasteiger partial charge on any atom is -0.507 e. The molecular weight excluding hydrogens is 244 g/mol. The van der Waals surface area contributed by atoms with Gasteiger partial charge in [-0.05, 0) is 12.1 Å². The topological polar surface area (TPSA) is 99.0 Å². The van der Waals surface area contributed by atoms with E-state index in [1.807, 2.05) is 0 Å². The second-order valence-electron chi connectivity index (χ2n) is 3.26. The van der Waals surface area contributed by atoms with Crippen LogP contribution >= 0.6 is 11.8 Å². The molecule has 1 aliphatic rings. The van der Waals surface area contributed by atoms with E-state index in [4.69, 9.17) is 5.11 Å². The van der Waals surface area contributed by atoms with Crippen LogP contribution in [0.2, 0.25) is 0 Å². The molecule has 0 aromatic heterocycles. The Morgan fingerprint density at radius 2 is 2.24 bits per heavy atom. The van der Waals surface area contributed by atoms with Gasteiger partial charge in [-0.25, -0.2) is 9.79 Å². The number of carbonyl (C=O) groups is 2. The summed E-state index contributed by atoms with van der Waals surface area (Å²) in [6, 6.07) is 3.96. The second kappa shape index (κ2) is 4.46. The van der Waals surface area contributed by atoms with Crippen molar-refractivity contribution < 1.29 is 19.8 Å². The third-order valence-corrected chi connectivity index (χ3v) is 2.90. The summed E-state index contributed by atoms with van der Waals surface area (Å²) in [5.74, 6) is -1.36. The maximum Gasteiger partial charge on any atom is 0.339 e. The molecular formula is C10H8N2O4S. The molecule has 0 aliphatic carbocycles. The molecule has 1 aliphatic heterocycles. The van der Waals surface area contributed by atoms with Gasteiger partial charge in [0.2, 0.25) is 5.91 Å². The van der Waals surface area contributed by atoms with E-state index in [0.29, 0.717) is 16.6 Å². The molecule has 0 unspecified atom stereocenters. The molecule has 1 fully saturated rings. The average Bonchev–Trinajstić information content (AvgIpc) is 2.63. The normalized spacial score (nSPS) is 17.2. The van der Waals surface area contributed by atoms with Crippen LogP contribution in [-0.2, 0) is 4.79 Å². The number of carboxylic acid groups (broad SMARTS) is 1. The van der Waals surface area contributed by atoms with E-state index in [2.05, 4.69) is 10.3 Å². The molecule has 2 rings (SSSR count). The summed E-state index contributed by atoms with van der Waals surface area (Å²) in [7, 11) is 0. The van der Waals surface area contributed by atoms with Crippen molar-refractivity contribution >= 4 is 34.5 Å². The van der Waals surface area contributed by atoms with Crippen molar-refractivity contribution in [1.29, 1.82) is 0 Å². The number of carboxylic acids is 1. The summed E-state index contributed by atoms with van der Waals surface area (Å²) in [6.45, 7) is 0. The molecule has 17 heavy (non-hydrogen) atoms. The van der Waals surface area contributed by atoms with Crippen molar-refractivity contribution in [2.75, 3.05) is 5.75 Å². The molecule has 0 saturated carbocycles. The molecule has 0 bridgehead atoms. The first-order chi connectivity index (χ1) is 8.06. The predicted octanol–water partition coefficient (Wildman–Crippen LogP) is 0.941. The van der Waals surface area contributed by atoms with Crippen LogP contribution in [0.4, 0.5) is 5.69 Å². The molecule has 88 valence electrons. The molecule has 0 atom stereocenters. The number of aliphatic imine (C=N–C) groups is 1. The van der Waals surface area contributed by atoms with Crippen LogP contribution in [0.5, 0.6) is 5.75 Å². The molecule has 6 nitrogen and oxygen atoms in total. The molecule has 1 aromatic rings. The fourth-order valence-electron chi connectivity index (χ4n) is 1.27. The summed E-state index contributed by atoms with van der Waals surface area (Å²) >= 11 is 1.25. The van der Waals surface area contributed by atoms with E-state index < -0.39 is 5.97 Å². The number of phenols is 1. The average molecular weight is 252 g/mol. The number of aromatic carboxylic acids is 1. The number of hydrogen-bond acceptors (Lipinski definition) is 5. The monoisotopic (exact) mass is 252 g/mol. The van der Waals surface area contributed by atoms with E-state index in [9.17, 15) is 14.7 Å². The third-order valence-electron chi connectivity index (χ3n) is 2.03. The standard InChI is InChI=1S/C10H8N2O4S/c13-7-3-5(1-2-6(7)9(15)16)11-10-12-8(14)4-17-10/h1-3,13H,4H2,(H,15,16)(H,11,12,14). The Hall–Kier alpha value is -2.02. The van der Waals surface area contributed by atoms with Crippen molar-refractivity contribution in [3.8, 4) is 5.75 Å². The van der Waals surface area contributed by atoms with Gasteiger partial charge in [0.1, 0.15) is 11.3 Å². The highest BCUT2D eigenvalue weighted by molar-refractivity contribution is 8.15. The number of aromatic hydroxyl groups is 1. The molecule has 7 heteroatoms. The van der Waals surface area contributed by atoms with Gasteiger partial charge in [0, 0.05) is 6.07 Å². The van der Waals surface area contributed by atoms with Crippen molar-refractivity contribution in [1.82, 2.24) is 5.32 Å². The van der Waals surface area contributed by atoms with Crippen LogP contribution in [0.3, 0.4) is 0 Å². The fraction of sp³-hybridized carbons (Fsp3) is 0.100. The smallest absolute Gasteiger partial charge is 0.339 e. The Morgan fingerprint density at radius 1 is 1.47 bits per heavy atom. The van der Waals surface area contributed by atoms with E-state index in [1.165, 1.54) is 30.0 Å². The van der Waals surface area contributed by atoms with Gasteiger partial charge in [-0.2, -0.15) is 0 Å². The zero-order valence-electron chi connectivity index (χ0n) is 8.51. The summed E-state index contributed by atoms with van der Waals surface area (Å²) < 4.78 is 0. The van der Waals surface area contributed by atoms with Gasteiger partial charge in [-0.15, -0.1) is 0 Å². The van der Waals surface area contributed by atoms with Gasteiger partial charge in [-0.1, -0.05) is 11.8 Å². The van der Waals surface area contributed by atoms with E-state index >= 15 is 0 Å². The van der Waals surface area contributed by atoms with Gasteiger partial charge in [0.05, 0.1) is 11.4 Å². The molecule has 1 aromatic carbocycles.